The predicted octanol–water partition coefficient (Wildman–Crippen LogP) is 4.25. The van der Waals surface area contributed by atoms with Crippen LogP contribution in [0.1, 0.15) is 28.4 Å². The zero-order valence-electron chi connectivity index (χ0n) is 15.1. The number of phenolic OH excluding ortho intramolecular Hbond substituents is 1. The Hall–Kier alpha value is -3.54. The molecule has 6 nitrogen and oxygen atoms in total. The molecule has 3 N–H and O–H groups in total. The number of hydrogen-bond acceptors (Lipinski definition) is 6. The van der Waals surface area contributed by atoms with Gasteiger partial charge in [-0.25, -0.2) is 4.98 Å². The molecule has 0 saturated heterocycles. The summed E-state index contributed by atoms with van der Waals surface area (Å²) in [7, 11) is 0. The van der Waals surface area contributed by atoms with Crippen LogP contribution in [0.25, 0.3) is 0 Å². The second kappa shape index (κ2) is 7.78. The Morgan fingerprint density at radius 3 is 2.56 bits per heavy atom. The van der Waals surface area contributed by atoms with Crippen LogP contribution in [0, 0.1) is 6.92 Å². The zero-order chi connectivity index (χ0) is 19.4. The fourth-order valence-corrected chi connectivity index (χ4v) is 2.54. The lowest BCUT2D eigenvalue weighted by molar-refractivity contribution is 0.101. The van der Waals surface area contributed by atoms with Gasteiger partial charge in [0.2, 0.25) is 5.88 Å². The van der Waals surface area contributed by atoms with Crippen LogP contribution in [0.4, 0.5) is 5.69 Å². The number of nitrogens with zero attached hydrogens (tertiary/aromatic N) is 1. The molecule has 1 aromatic heterocycles. The fourth-order valence-electron chi connectivity index (χ4n) is 2.54. The smallest absolute Gasteiger partial charge is 0.221 e. The Bertz CT molecular complexity index is 968. The van der Waals surface area contributed by atoms with E-state index in [-0.39, 0.29) is 17.1 Å². The number of carbonyl (C=O) groups is 1. The summed E-state index contributed by atoms with van der Waals surface area (Å²) in [6.45, 7) is 3.45. The Morgan fingerprint density at radius 2 is 1.89 bits per heavy atom. The van der Waals surface area contributed by atoms with Gasteiger partial charge in [-0.1, -0.05) is 12.1 Å². The van der Waals surface area contributed by atoms with Crippen LogP contribution < -0.4 is 15.2 Å². The third-order valence-corrected chi connectivity index (χ3v) is 4.06. The van der Waals surface area contributed by atoms with Gasteiger partial charge in [0, 0.05) is 23.5 Å². The molecule has 0 aliphatic heterocycles. The molecule has 0 unspecified atom stereocenters. The monoisotopic (exact) mass is 364 g/mol. The van der Waals surface area contributed by atoms with Crippen molar-refractivity contribution >= 4 is 11.5 Å². The van der Waals surface area contributed by atoms with E-state index in [1.165, 1.54) is 6.92 Å². The van der Waals surface area contributed by atoms with Gasteiger partial charge in [0.25, 0.3) is 0 Å². The summed E-state index contributed by atoms with van der Waals surface area (Å²) in [4.78, 5) is 15.6. The van der Waals surface area contributed by atoms with Gasteiger partial charge in [-0.2, -0.15) is 0 Å². The third-order valence-electron chi connectivity index (χ3n) is 4.06. The van der Waals surface area contributed by atoms with Crippen LogP contribution in [0.5, 0.6) is 23.1 Å². The summed E-state index contributed by atoms with van der Waals surface area (Å²) in [6.07, 6.45) is 1.59. The van der Waals surface area contributed by atoms with Gasteiger partial charge < -0.3 is 20.3 Å². The van der Waals surface area contributed by atoms with Crippen molar-refractivity contribution in [1.82, 2.24) is 4.98 Å². The number of ether oxygens (including phenoxy) is 2. The molecule has 0 aliphatic rings. The van der Waals surface area contributed by atoms with Gasteiger partial charge in [0.05, 0.1) is 5.56 Å². The molecule has 0 spiro atoms. The van der Waals surface area contributed by atoms with E-state index in [1.54, 1.807) is 37.4 Å². The average Bonchev–Trinajstić information content (AvgIpc) is 2.64. The van der Waals surface area contributed by atoms with E-state index in [0.717, 1.165) is 5.56 Å². The highest BCUT2D eigenvalue weighted by Gasteiger charge is 2.13. The largest absolute Gasteiger partial charge is 0.507 e. The first-order valence-electron chi connectivity index (χ1n) is 8.38. The van der Waals surface area contributed by atoms with Gasteiger partial charge >= 0.3 is 0 Å². The van der Waals surface area contributed by atoms with Crippen LogP contribution in [0.15, 0.2) is 54.7 Å². The number of pyridine rings is 1. The first-order chi connectivity index (χ1) is 12.9. The molecule has 0 atom stereocenters. The van der Waals surface area contributed by atoms with Crippen molar-refractivity contribution in [3.8, 4) is 23.1 Å². The highest BCUT2D eigenvalue weighted by Crippen LogP contribution is 2.31. The number of benzene rings is 2. The maximum Gasteiger partial charge on any atom is 0.221 e. The number of rotatable bonds is 6. The Labute approximate surface area is 157 Å². The van der Waals surface area contributed by atoms with E-state index in [9.17, 15) is 9.90 Å². The topological polar surface area (TPSA) is 94.7 Å². The van der Waals surface area contributed by atoms with Gasteiger partial charge in [-0.05, 0) is 49.7 Å². The number of ketones is 1. The second-order valence-corrected chi connectivity index (χ2v) is 6.10. The van der Waals surface area contributed by atoms with E-state index in [4.69, 9.17) is 15.2 Å². The lowest BCUT2D eigenvalue weighted by Gasteiger charge is -2.12. The molecule has 1 heterocycles. The standard InChI is InChI=1S/C21H20N2O4/c1-13-19(8-7-18(14(2)24)21(13)25)26-12-15-3-5-17(6-4-15)27-20-11-16(22)9-10-23-20/h3-11,25H,12H2,1-2H3,(H2,22,23). The minimum absolute atomic E-state index is 0.0432. The molecule has 138 valence electrons. The molecular weight excluding hydrogens is 344 g/mol. The summed E-state index contributed by atoms with van der Waals surface area (Å²) in [5, 5.41) is 10.1. The van der Waals surface area contributed by atoms with E-state index in [1.807, 2.05) is 24.3 Å². The van der Waals surface area contributed by atoms with Crippen molar-refractivity contribution in [3.63, 3.8) is 0 Å². The van der Waals surface area contributed by atoms with Crippen molar-refractivity contribution in [2.45, 2.75) is 20.5 Å². The predicted molar refractivity (Wildman–Crippen MR) is 102 cm³/mol. The van der Waals surface area contributed by atoms with E-state index in [2.05, 4.69) is 4.98 Å². The molecule has 2 aromatic carbocycles. The first-order valence-corrected chi connectivity index (χ1v) is 8.38. The number of aromatic nitrogens is 1. The minimum Gasteiger partial charge on any atom is -0.507 e. The molecule has 0 amide bonds. The SMILES string of the molecule is CC(=O)c1ccc(OCc2ccc(Oc3cc(N)ccn3)cc2)c(C)c1O. The highest BCUT2D eigenvalue weighted by molar-refractivity contribution is 5.97. The molecular formula is C21H20N2O4. The number of phenols is 1. The zero-order valence-corrected chi connectivity index (χ0v) is 15.1. The lowest BCUT2D eigenvalue weighted by Crippen LogP contribution is -2.00. The molecule has 3 rings (SSSR count). The molecule has 6 heteroatoms. The van der Waals surface area contributed by atoms with Crippen molar-refractivity contribution in [2.75, 3.05) is 5.73 Å². The Balaban J connectivity index is 1.65. The number of carbonyl (C=O) groups excluding carboxylic acids is 1. The van der Waals surface area contributed by atoms with Crippen LogP contribution in [0.3, 0.4) is 0 Å². The number of Topliss-reactive ketones (excluding diaryl/α,β-unsaturated/α-hetero) is 1. The van der Waals surface area contributed by atoms with Gasteiger partial charge in [-0.15, -0.1) is 0 Å². The van der Waals surface area contributed by atoms with Crippen molar-refractivity contribution < 1.29 is 19.4 Å². The number of nitrogen functional groups attached to an aromatic ring is 1. The molecule has 0 saturated carbocycles. The van der Waals surface area contributed by atoms with Crippen LogP contribution in [-0.2, 0) is 6.61 Å². The summed E-state index contributed by atoms with van der Waals surface area (Å²) in [5.74, 6) is 1.36. The first kappa shape index (κ1) is 18.3. The Kier molecular flexibility index (Phi) is 5.26. The van der Waals surface area contributed by atoms with E-state index < -0.39 is 0 Å². The third kappa shape index (κ3) is 4.36. The van der Waals surface area contributed by atoms with E-state index >= 15 is 0 Å². The number of anilines is 1. The van der Waals surface area contributed by atoms with Gasteiger partial charge in [-0.3, -0.25) is 4.79 Å². The van der Waals surface area contributed by atoms with Crippen LogP contribution in [-0.4, -0.2) is 15.9 Å². The quantitative estimate of drug-likeness (QED) is 0.635. The molecule has 27 heavy (non-hydrogen) atoms. The molecule has 3 aromatic rings. The number of aromatic hydroxyl groups is 1. The maximum absolute atomic E-state index is 11.5. The number of nitrogens with two attached hydrogens (primary N) is 1. The van der Waals surface area contributed by atoms with Crippen LogP contribution in [0.2, 0.25) is 0 Å². The Morgan fingerprint density at radius 1 is 1.15 bits per heavy atom. The van der Waals surface area contributed by atoms with Crippen molar-refractivity contribution in [1.29, 1.82) is 0 Å². The normalized spacial score (nSPS) is 10.4. The van der Waals surface area contributed by atoms with Crippen molar-refractivity contribution in [2.24, 2.45) is 0 Å². The lowest BCUT2D eigenvalue weighted by atomic mass is 10.1. The highest BCUT2D eigenvalue weighted by atomic mass is 16.5. The van der Waals surface area contributed by atoms with Gasteiger partial charge in [0.1, 0.15) is 23.9 Å². The summed E-state index contributed by atoms with van der Waals surface area (Å²) < 4.78 is 11.4. The summed E-state index contributed by atoms with van der Waals surface area (Å²) in [5.41, 5.74) is 8.04. The summed E-state index contributed by atoms with van der Waals surface area (Å²) >= 11 is 0. The fraction of sp³-hybridized carbons (Fsp3) is 0.143. The maximum atomic E-state index is 11.5. The van der Waals surface area contributed by atoms with Crippen LogP contribution >= 0.6 is 0 Å². The number of hydrogen-bond donors (Lipinski definition) is 2. The molecule has 0 fully saturated rings. The second-order valence-electron chi connectivity index (χ2n) is 6.10. The average molecular weight is 364 g/mol. The minimum atomic E-state index is -0.188. The molecule has 0 aliphatic carbocycles. The summed E-state index contributed by atoms with van der Waals surface area (Å²) in [6, 6.07) is 14.0. The molecule has 0 bridgehead atoms. The van der Waals surface area contributed by atoms with Crippen molar-refractivity contribution in [3.05, 3.63) is 71.4 Å². The molecule has 0 radical (unpaired) electrons. The van der Waals surface area contributed by atoms with Gasteiger partial charge in [0.15, 0.2) is 5.78 Å². The van der Waals surface area contributed by atoms with E-state index in [0.29, 0.717) is 35.2 Å².